The maximum Gasteiger partial charge on any atom is 0.337 e. The molecule has 2 aromatic heterocycles. The van der Waals surface area contributed by atoms with E-state index in [-0.39, 0.29) is 13.2 Å². The molecule has 0 saturated heterocycles. The Hall–Kier alpha value is -3.33. The minimum atomic E-state index is -0.828. The summed E-state index contributed by atoms with van der Waals surface area (Å²) >= 11 is 0. The van der Waals surface area contributed by atoms with Gasteiger partial charge in [-0.05, 0) is 41.6 Å². The Morgan fingerprint density at radius 3 is 2.77 bits per heavy atom. The standard InChI is InChI=1S/C17H17N5O4/c1-25-17(24)12-4-6-15(7-5-12)26-11-14(23)10-22-20-16(19-21-22)13-3-2-8-18-9-13/h2-9,14,23H,10-11H2,1H3. The second-order valence-electron chi connectivity index (χ2n) is 5.39. The van der Waals surface area contributed by atoms with Crippen molar-refractivity contribution in [2.45, 2.75) is 12.6 Å². The monoisotopic (exact) mass is 355 g/mol. The van der Waals surface area contributed by atoms with E-state index in [1.165, 1.54) is 11.9 Å². The number of aliphatic hydroxyl groups is 1. The van der Waals surface area contributed by atoms with Gasteiger partial charge in [-0.1, -0.05) is 0 Å². The SMILES string of the molecule is COC(=O)c1ccc(OCC(O)Cn2nnc(-c3cccnc3)n2)cc1. The number of benzene rings is 1. The van der Waals surface area contributed by atoms with Crippen LogP contribution < -0.4 is 4.74 Å². The van der Waals surface area contributed by atoms with E-state index in [0.717, 1.165) is 5.56 Å². The molecular formula is C17H17N5O4. The molecule has 1 N–H and O–H groups in total. The van der Waals surface area contributed by atoms with Gasteiger partial charge in [0.05, 0.1) is 19.2 Å². The molecule has 1 unspecified atom stereocenters. The molecule has 1 aromatic carbocycles. The number of pyridine rings is 1. The highest BCUT2D eigenvalue weighted by Gasteiger charge is 2.12. The first-order valence-corrected chi connectivity index (χ1v) is 7.83. The minimum Gasteiger partial charge on any atom is -0.491 e. The normalized spacial score (nSPS) is 11.8. The number of aliphatic hydroxyl groups excluding tert-OH is 1. The van der Waals surface area contributed by atoms with E-state index in [1.807, 2.05) is 6.07 Å². The zero-order chi connectivity index (χ0) is 18.4. The van der Waals surface area contributed by atoms with Crippen molar-refractivity contribution in [1.29, 1.82) is 0 Å². The number of aromatic nitrogens is 5. The number of tetrazole rings is 1. The van der Waals surface area contributed by atoms with Crippen molar-refractivity contribution in [1.82, 2.24) is 25.2 Å². The lowest BCUT2D eigenvalue weighted by Gasteiger charge is -2.11. The van der Waals surface area contributed by atoms with Gasteiger partial charge in [-0.15, -0.1) is 10.2 Å². The van der Waals surface area contributed by atoms with Crippen molar-refractivity contribution >= 4 is 5.97 Å². The third kappa shape index (κ3) is 4.39. The Bertz CT molecular complexity index is 851. The average molecular weight is 355 g/mol. The maximum atomic E-state index is 11.4. The Labute approximate surface area is 149 Å². The van der Waals surface area contributed by atoms with Gasteiger partial charge < -0.3 is 14.6 Å². The van der Waals surface area contributed by atoms with Crippen LogP contribution in [0.4, 0.5) is 0 Å². The fraction of sp³-hybridized carbons (Fsp3) is 0.235. The Balaban J connectivity index is 1.52. The maximum absolute atomic E-state index is 11.4. The zero-order valence-electron chi connectivity index (χ0n) is 14.0. The number of nitrogens with zero attached hydrogens (tertiary/aromatic N) is 5. The molecule has 2 heterocycles. The second-order valence-corrected chi connectivity index (χ2v) is 5.39. The molecule has 3 aromatic rings. The first kappa shape index (κ1) is 17.5. The predicted molar refractivity (Wildman–Crippen MR) is 90.3 cm³/mol. The van der Waals surface area contributed by atoms with E-state index in [0.29, 0.717) is 17.1 Å². The first-order valence-electron chi connectivity index (χ1n) is 7.83. The second kappa shape index (κ2) is 8.17. The summed E-state index contributed by atoms with van der Waals surface area (Å²) in [5.74, 6) is 0.544. The summed E-state index contributed by atoms with van der Waals surface area (Å²) in [5.41, 5.74) is 1.17. The molecule has 134 valence electrons. The van der Waals surface area contributed by atoms with Crippen molar-refractivity contribution in [2.24, 2.45) is 0 Å². The van der Waals surface area contributed by atoms with Crippen LogP contribution in [0.25, 0.3) is 11.4 Å². The average Bonchev–Trinajstić information content (AvgIpc) is 3.15. The van der Waals surface area contributed by atoms with Gasteiger partial charge in [-0.2, -0.15) is 4.80 Å². The molecule has 0 spiro atoms. The molecule has 9 heteroatoms. The lowest BCUT2D eigenvalue weighted by Crippen LogP contribution is -2.25. The van der Waals surface area contributed by atoms with Crippen LogP contribution in [0, 0.1) is 0 Å². The quantitative estimate of drug-likeness (QED) is 0.624. The number of hydrogen-bond donors (Lipinski definition) is 1. The van der Waals surface area contributed by atoms with Crippen molar-refractivity contribution in [3.05, 3.63) is 54.4 Å². The fourth-order valence-electron chi connectivity index (χ4n) is 2.17. The van der Waals surface area contributed by atoms with Crippen molar-refractivity contribution in [2.75, 3.05) is 13.7 Å². The summed E-state index contributed by atoms with van der Waals surface area (Å²) in [6.45, 7) is 0.175. The smallest absolute Gasteiger partial charge is 0.337 e. The molecule has 26 heavy (non-hydrogen) atoms. The minimum absolute atomic E-state index is 0.0430. The van der Waals surface area contributed by atoms with E-state index in [9.17, 15) is 9.90 Å². The molecule has 3 rings (SSSR count). The van der Waals surface area contributed by atoms with Gasteiger partial charge in [-0.25, -0.2) is 4.79 Å². The van der Waals surface area contributed by atoms with Crippen LogP contribution in [0.1, 0.15) is 10.4 Å². The lowest BCUT2D eigenvalue weighted by molar-refractivity contribution is 0.0600. The van der Waals surface area contributed by atoms with Gasteiger partial charge in [0.2, 0.25) is 5.82 Å². The molecule has 1 atom stereocenters. The number of hydrogen-bond acceptors (Lipinski definition) is 8. The molecule has 0 aliphatic rings. The molecule has 0 bridgehead atoms. The Morgan fingerprint density at radius 2 is 2.08 bits per heavy atom. The first-order chi connectivity index (χ1) is 12.7. The van der Waals surface area contributed by atoms with Crippen LogP contribution in [-0.4, -0.2) is 56.1 Å². The molecule has 0 aliphatic heterocycles. The van der Waals surface area contributed by atoms with Gasteiger partial charge in [0.25, 0.3) is 0 Å². The molecule has 0 amide bonds. The number of methoxy groups -OCH3 is 1. The van der Waals surface area contributed by atoms with E-state index in [4.69, 9.17) is 4.74 Å². The topological polar surface area (TPSA) is 112 Å². The largest absolute Gasteiger partial charge is 0.491 e. The highest BCUT2D eigenvalue weighted by Crippen LogP contribution is 2.14. The van der Waals surface area contributed by atoms with Crippen molar-refractivity contribution in [3.8, 4) is 17.1 Å². The van der Waals surface area contributed by atoms with Gasteiger partial charge in [0.15, 0.2) is 0 Å². The fourth-order valence-corrected chi connectivity index (χ4v) is 2.17. The van der Waals surface area contributed by atoms with Gasteiger partial charge in [0.1, 0.15) is 18.5 Å². The van der Waals surface area contributed by atoms with Crippen LogP contribution in [0.3, 0.4) is 0 Å². The third-order valence-corrected chi connectivity index (χ3v) is 3.46. The lowest BCUT2D eigenvalue weighted by atomic mass is 10.2. The zero-order valence-corrected chi connectivity index (χ0v) is 14.0. The van der Waals surface area contributed by atoms with E-state index >= 15 is 0 Å². The van der Waals surface area contributed by atoms with E-state index in [1.54, 1.807) is 42.7 Å². The molecule has 0 radical (unpaired) electrons. The van der Waals surface area contributed by atoms with E-state index < -0.39 is 12.1 Å². The van der Waals surface area contributed by atoms with Crippen LogP contribution in [-0.2, 0) is 11.3 Å². The summed E-state index contributed by atoms with van der Waals surface area (Å²) in [6.07, 6.45) is 2.47. The number of esters is 1. The van der Waals surface area contributed by atoms with Crippen molar-refractivity contribution < 1.29 is 19.4 Å². The highest BCUT2D eigenvalue weighted by molar-refractivity contribution is 5.89. The summed E-state index contributed by atoms with van der Waals surface area (Å²) in [7, 11) is 1.32. The highest BCUT2D eigenvalue weighted by atomic mass is 16.5. The van der Waals surface area contributed by atoms with Gasteiger partial charge >= 0.3 is 5.97 Å². The van der Waals surface area contributed by atoms with Gasteiger partial charge in [0, 0.05) is 18.0 Å². The summed E-state index contributed by atoms with van der Waals surface area (Å²) in [6, 6.07) is 10.1. The van der Waals surface area contributed by atoms with Gasteiger partial charge in [-0.3, -0.25) is 4.98 Å². The summed E-state index contributed by atoms with van der Waals surface area (Å²) in [4.78, 5) is 16.7. The van der Waals surface area contributed by atoms with Crippen LogP contribution >= 0.6 is 0 Å². The third-order valence-electron chi connectivity index (χ3n) is 3.46. The molecule has 0 fully saturated rings. The Morgan fingerprint density at radius 1 is 1.27 bits per heavy atom. The summed E-state index contributed by atoms with van der Waals surface area (Å²) in [5, 5.41) is 22.1. The molecular weight excluding hydrogens is 338 g/mol. The van der Waals surface area contributed by atoms with Crippen LogP contribution in [0.2, 0.25) is 0 Å². The van der Waals surface area contributed by atoms with Crippen LogP contribution in [0.15, 0.2) is 48.8 Å². The van der Waals surface area contributed by atoms with Crippen molar-refractivity contribution in [3.63, 3.8) is 0 Å². The number of ether oxygens (including phenoxy) is 2. The summed E-state index contributed by atoms with van der Waals surface area (Å²) < 4.78 is 10.1. The molecule has 9 nitrogen and oxygen atoms in total. The predicted octanol–water partition coefficient (Wildman–Crippen LogP) is 0.962. The number of rotatable bonds is 7. The van der Waals surface area contributed by atoms with E-state index in [2.05, 4.69) is 25.1 Å². The number of carbonyl (C=O) groups is 1. The Kier molecular flexibility index (Phi) is 5.49. The molecule has 0 aliphatic carbocycles. The number of carbonyl (C=O) groups excluding carboxylic acids is 1. The van der Waals surface area contributed by atoms with Crippen LogP contribution in [0.5, 0.6) is 5.75 Å². The molecule has 0 saturated carbocycles.